The summed E-state index contributed by atoms with van der Waals surface area (Å²) >= 11 is 0. The third-order valence-corrected chi connectivity index (χ3v) is 4.50. The van der Waals surface area contributed by atoms with Crippen LogP contribution in [0.15, 0.2) is 42.6 Å². The molecule has 0 radical (unpaired) electrons. The largest absolute Gasteiger partial charge is 0.354 e. The molecule has 2 aromatic rings. The van der Waals surface area contributed by atoms with Crippen molar-refractivity contribution >= 4 is 11.7 Å². The first-order valence-electron chi connectivity index (χ1n) is 8.72. The smallest absolute Gasteiger partial charge is 0.238 e. The van der Waals surface area contributed by atoms with Crippen LogP contribution >= 0.6 is 0 Å². The van der Waals surface area contributed by atoms with Gasteiger partial charge in [-0.1, -0.05) is 30.3 Å². The van der Waals surface area contributed by atoms with Crippen LogP contribution < -0.4 is 21.5 Å². The number of nitrogens with one attached hydrogen (secondary N) is 2. The lowest BCUT2D eigenvalue weighted by molar-refractivity contribution is -0.120. The van der Waals surface area contributed by atoms with Gasteiger partial charge in [0, 0.05) is 32.4 Å². The number of piperazine rings is 1. The number of aryl methyl sites for hydroxylation is 2. The van der Waals surface area contributed by atoms with Crippen LogP contribution in [0.25, 0.3) is 0 Å². The van der Waals surface area contributed by atoms with Crippen molar-refractivity contribution in [3.8, 4) is 0 Å². The lowest BCUT2D eigenvalue weighted by atomic mass is 10.0. The van der Waals surface area contributed by atoms with Crippen molar-refractivity contribution in [3.05, 3.63) is 59.3 Å². The third kappa shape index (κ3) is 5.01. The fourth-order valence-electron chi connectivity index (χ4n) is 2.99. The van der Waals surface area contributed by atoms with Gasteiger partial charge >= 0.3 is 0 Å². The Bertz CT molecular complexity index is 678. The molecule has 0 spiro atoms. The van der Waals surface area contributed by atoms with Crippen molar-refractivity contribution in [2.24, 2.45) is 5.84 Å². The highest BCUT2D eigenvalue weighted by Gasteiger charge is 2.11. The van der Waals surface area contributed by atoms with E-state index in [0.717, 1.165) is 50.4 Å². The van der Waals surface area contributed by atoms with Gasteiger partial charge in [0.05, 0.1) is 6.42 Å². The summed E-state index contributed by atoms with van der Waals surface area (Å²) in [6, 6.07) is 12.4. The molecule has 4 N–H and O–H groups in total. The molecule has 6 nitrogen and oxygen atoms in total. The molecule has 1 saturated heterocycles. The van der Waals surface area contributed by atoms with Gasteiger partial charge in [-0.25, -0.2) is 10.8 Å². The van der Waals surface area contributed by atoms with E-state index in [1.165, 1.54) is 11.1 Å². The molecule has 0 atom stereocenters. The van der Waals surface area contributed by atoms with Crippen molar-refractivity contribution < 1.29 is 4.79 Å². The lowest BCUT2D eigenvalue weighted by Crippen LogP contribution is -2.43. The summed E-state index contributed by atoms with van der Waals surface area (Å²) in [5, 5.41) is 3.35. The van der Waals surface area contributed by atoms with Crippen molar-refractivity contribution in [1.29, 1.82) is 0 Å². The van der Waals surface area contributed by atoms with Gasteiger partial charge in [-0.2, -0.15) is 0 Å². The molecule has 0 aliphatic carbocycles. The molecule has 1 aromatic heterocycles. The molecule has 3 rings (SSSR count). The van der Waals surface area contributed by atoms with E-state index in [9.17, 15) is 4.79 Å². The van der Waals surface area contributed by atoms with Crippen molar-refractivity contribution in [3.63, 3.8) is 0 Å². The summed E-state index contributed by atoms with van der Waals surface area (Å²) in [6.07, 6.45) is 4.21. The molecule has 0 unspecified atom stereocenters. The predicted molar refractivity (Wildman–Crippen MR) is 99.2 cm³/mol. The zero-order valence-electron chi connectivity index (χ0n) is 14.4. The van der Waals surface area contributed by atoms with Crippen LogP contribution in [-0.4, -0.2) is 37.1 Å². The maximum Gasteiger partial charge on any atom is 0.238 e. The summed E-state index contributed by atoms with van der Waals surface area (Å²) in [4.78, 5) is 18.2. The van der Waals surface area contributed by atoms with Gasteiger partial charge < -0.3 is 10.2 Å². The number of hydrogen-bond donors (Lipinski definition) is 3. The van der Waals surface area contributed by atoms with E-state index in [1.54, 1.807) is 0 Å². The molecule has 132 valence electrons. The van der Waals surface area contributed by atoms with Gasteiger partial charge in [0.25, 0.3) is 0 Å². The number of aromatic nitrogens is 1. The van der Waals surface area contributed by atoms with Gasteiger partial charge in [-0.05, 0) is 35.6 Å². The Morgan fingerprint density at radius 1 is 1.04 bits per heavy atom. The molecule has 1 fully saturated rings. The molecule has 25 heavy (non-hydrogen) atoms. The number of benzene rings is 1. The second-order valence-corrected chi connectivity index (χ2v) is 6.32. The van der Waals surface area contributed by atoms with E-state index >= 15 is 0 Å². The molecule has 0 bridgehead atoms. The Morgan fingerprint density at radius 2 is 1.68 bits per heavy atom. The van der Waals surface area contributed by atoms with Crippen LogP contribution in [0.1, 0.15) is 16.7 Å². The third-order valence-electron chi connectivity index (χ3n) is 4.50. The highest BCUT2D eigenvalue weighted by atomic mass is 16.2. The Hall–Kier alpha value is -2.44. The number of carbonyl (C=O) groups is 1. The average molecular weight is 339 g/mol. The molecule has 0 saturated carbocycles. The second kappa shape index (κ2) is 8.60. The SMILES string of the molecule is NNC(=O)Cc1ccc(CCc2ccc(N3CCNCC3)nc2)cc1. The van der Waals surface area contributed by atoms with Crippen LogP contribution in [0.3, 0.4) is 0 Å². The normalized spacial score (nSPS) is 14.4. The van der Waals surface area contributed by atoms with Crippen molar-refractivity contribution in [2.75, 3.05) is 31.1 Å². The van der Waals surface area contributed by atoms with Crippen molar-refractivity contribution in [2.45, 2.75) is 19.3 Å². The summed E-state index contributed by atoms with van der Waals surface area (Å²) in [5.41, 5.74) is 5.61. The fraction of sp³-hybridized carbons (Fsp3) is 0.368. The second-order valence-electron chi connectivity index (χ2n) is 6.32. The number of nitrogens with zero attached hydrogens (tertiary/aromatic N) is 2. The summed E-state index contributed by atoms with van der Waals surface area (Å²) in [7, 11) is 0. The molecule has 1 aliphatic heterocycles. The zero-order chi connectivity index (χ0) is 17.5. The Labute approximate surface area is 148 Å². The molecule has 1 aromatic carbocycles. The van der Waals surface area contributed by atoms with Gasteiger partial charge in [0.1, 0.15) is 5.82 Å². The quantitative estimate of drug-likeness (QED) is 0.412. The van der Waals surface area contributed by atoms with Gasteiger partial charge in [-0.3, -0.25) is 10.2 Å². The highest BCUT2D eigenvalue weighted by molar-refractivity contribution is 5.77. The van der Waals surface area contributed by atoms with E-state index in [1.807, 2.05) is 18.3 Å². The molecule has 1 amide bonds. The van der Waals surface area contributed by atoms with Gasteiger partial charge in [0.15, 0.2) is 0 Å². The topological polar surface area (TPSA) is 83.3 Å². The minimum atomic E-state index is -0.177. The monoisotopic (exact) mass is 339 g/mol. The fourth-order valence-corrected chi connectivity index (χ4v) is 2.99. The first-order valence-corrected chi connectivity index (χ1v) is 8.72. The number of hydrogen-bond acceptors (Lipinski definition) is 5. The Balaban J connectivity index is 1.52. The van der Waals surface area contributed by atoms with Crippen LogP contribution in [0.4, 0.5) is 5.82 Å². The first-order chi connectivity index (χ1) is 12.2. The number of nitrogens with two attached hydrogens (primary N) is 1. The summed E-state index contributed by atoms with van der Waals surface area (Å²) in [5.74, 6) is 5.99. The van der Waals surface area contributed by atoms with Gasteiger partial charge in [0.2, 0.25) is 5.91 Å². The highest BCUT2D eigenvalue weighted by Crippen LogP contribution is 2.14. The molecule has 6 heteroatoms. The summed E-state index contributed by atoms with van der Waals surface area (Å²) < 4.78 is 0. The van der Waals surface area contributed by atoms with Crippen LogP contribution in [0.2, 0.25) is 0 Å². The summed E-state index contributed by atoms with van der Waals surface area (Å²) in [6.45, 7) is 4.07. The van der Waals surface area contributed by atoms with E-state index in [2.05, 4.69) is 44.9 Å². The van der Waals surface area contributed by atoms with Crippen LogP contribution in [0, 0.1) is 0 Å². The van der Waals surface area contributed by atoms with E-state index in [4.69, 9.17) is 5.84 Å². The standard InChI is InChI=1S/C19H25N5O/c20-23-19(25)13-16-4-1-15(2-5-16)3-6-17-7-8-18(22-14-17)24-11-9-21-10-12-24/h1-2,4-5,7-8,14,21H,3,6,9-13,20H2,(H,23,25). The Kier molecular flexibility index (Phi) is 5.98. The molecule has 2 heterocycles. The van der Waals surface area contributed by atoms with E-state index in [-0.39, 0.29) is 5.91 Å². The van der Waals surface area contributed by atoms with E-state index in [0.29, 0.717) is 6.42 Å². The minimum absolute atomic E-state index is 0.177. The average Bonchev–Trinajstić information content (AvgIpc) is 2.68. The number of hydrazine groups is 1. The maximum absolute atomic E-state index is 11.3. The van der Waals surface area contributed by atoms with E-state index < -0.39 is 0 Å². The number of rotatable bonds is 6. The lowest BCUT2D eigenvalue weighted by Gasteiger charge is -2.28. The van der Waals surface area contributed by atoms with Gasteiger partial charge in [-0.15, -0.1) is 0 Å². The minimum Gasteiger partial charge on any atom is -0.354 e. The molecule has 1 aliphatic rings. The zero-order valence-corrected chi connectivity index (χ0v) is 14.4. The number of carbonyl (C=O) groups excluding carboxylic acids is 1. The maximum atomic E-state index is 11.3. The number of pyridine rings is 1. The van der Waals surface area contributed by atoms with Crippen LogP contribution in [-0.2, 0) is 24.1 Å². The number of anilines is 1. The molecular weight excluding hydrogens is 314 g/mol. The first kappa shape index (κ1) is 17.4. The predicted octanol–water partition coefficient (Wildman–Crippen LogP) is 0.809. The Morgan fingerprint density at radius 3 is 2.32 bits per heavy atom. The number of amides is 1. The molecular formula is C19H25N5O. The van der Waals surface area contributed by atoms with Crippen LogP contribution in [0.5, 0.6) is 0 Å². The van der Waals surface area contributed by atoms with Crippen molar-refractivity contribution in [1.82, 2.24) is 15.7 Å².